The second kappa shape index (κ2) is 6.26. The highest BCUT2D eigenvalue weighted by atomic mass is 19.4. The molecule has 0 radical (unpaired) electrons. The second-order valence-corrected chi connectivity index (χ2v) is 4.21. The SMILES string of the molecule is C=C(C)CNC(N)=NCc1ccc(C(F)(F)F)cc1. The molecule has 1 aromatic rings. The Morgan fingerprint density at radius 1 is 1.32 bits per heavy atom. The molecule has 0 aliphatic rings. The van der Waals surface area contributed by atoms with E-state index in [1.165, 1.54) is 12.1 Å². The zero-order valence-electron chi connectivity index (χ0n) is 10.6. The van der Waals surface area contributed by atoms with Crippen molar-refractivity contribution in [3.05, 3.63) is 47.5 Å². The molecular weight excluding hydrogens is 255 g/mol. The molecule has 0 saturated heterocycles. The van der Waals surface area contributed by atoms with Crippen molar-refractivity contribution in [1.82, 2.24) is 5.32 Å². The van der Waals surface area contributed by atoms with Crippen molar-refractivity contribution in [3.8, 4) is 0 Å². The van der Waals surface area contributed by atoms with Gasteiger partial charge in [0.05, 0.1) is 12.1 Å². The lowest BCUT2D eigenvalue weighted by molar-refractivity contribution is -0.137. The fourth-order valence-electron chi connectivity index (χ4n) is 1.27. The molecule has 19 heavy (non-hydrogen) atoms. The Hall–Kier alpha value is -1.98. The fraction of sp³-hybridized carbons (Fsp3) is 0.308. The number of hydrogen-bond donors (Lipinski definition) is 2. The normalized spacial score (nSPS) is 12.3. The molecule has 0 unspecified atom stereocenters. The number of halogens is 3. The molecule has 3 N–H and O–H groups in total. The smallest absolute Gasteiger partial charge is 0.370 e. The quantitative estimate of drug-likeness (QED) is 0.502. The summed E-state index contributed by atoms with van der Waals surface area (Å²) in [6.07, 6.45) is -4.32. The summed E-state index contributed by atoms with van der Waals surface area (Å²) < 4.78 is 37.0. The average molecular weight is 271 g/mol. The summed E-state index contributed by atoms with van der Waals surface area (Å²) in [7, 11) is 0. The van der Waals surface area contributed by atoms with Crippen LogP contribution in [0.15, 0.2) is 41.4 Å². The number of nitrogens with zero attached hydrogens (tertiary/aromatic N) is 1. The Morgan fingerprint density at radius 2 is 1.89 bits per heavy atom. The van der Waals surface area contributed by atoms with Gasteiger partial charge in [-0.1, -0.05) is 24.3 Å². The number of rotatable bonds is 4. The van der Waals surface area contributed by atoms with E-state index in [1.54, 1.807) is 0 Å². The van der Waals surface area contributed by atoms with Crippen LogP contribution in [0.1, 0.15) is 18.1 Å². The lowest BCUT2D eigenvalue weighted by Crippen LogP contribution is -2.32. The van der Waals surface area contributed by atoms with Gasteiger partial charge in [0.15, 0.2) is 5.96 Å². The first kappa shape index (κ1) is 15.1. The lowest BCUT2D eigenvalue weighted by Gasteiger charge is -2.07. The molecule has 104 valence electrons. The molecule has 0 fully saturated rings. The Morgan fingerprint density at radius 3 is 2.37 bits per heavy atom. The van der Waals surface area contributed by atoms with Crippen molar-refractivity contribution in [2.75, 3.05) is 6.54 Å². The van der Waals surface area contributed by atoms with Crippen molar-refractivity contribution in [3.63, 3.8) is 0 Å². The first-order valence-corrected chi connectivity index (χ1v) is 5.63. The van der Waals surface area contributed by atoms with E-state index in [4.69, 9.17) is 5.73 Å². The monoisotopic (exact) mass is 271 g/mol. The van der Waals surface area contributed by atoms with Crippen molar-refractivity contribution >= 4 is 5.96 Å². The third kappa shape index (κ3) is 5.46. The first-order valence-electron chi connectivity index (χ1n) is 5.63. The molecule has 0 heterocycles. The van der Waals surface area contributed by atoms with Crippen LogP contribution < -0.4 is 11.1 Å². The van der Waals surface area contributed by atoms with Crippen LogP contribution in [0.2, 0.25) is 0 Å². The van der Waals surface area contributed by atoms with Crippen LogP contribution in [0.3, 0.4) is 0 Å². The number of hydrogen-bond acceptors (Lipinski definition) is 1. The number of aliphatic imine (C=N–C) groups is 1. The molecule has 0 aromatic heterocycles. The van der Waals surface area contributed by atoms with Gasteiger partial charge in [-0.05, 0) is 24.6 Å². The highest BCUT2D eigenvalue weighted by Crippen LogP contribution is 2.29. The highest BCUT2D eigenvalue weighted by Gasteiger charge is 2.29. The minimum Gasteiger partial charge on any atom is -0.370 e. The summed E-state index contributed by atoms with van der Waals surface area (Å²) in [4.78, 5) is 4.02. The number of nitrogens with one attached hydrogen (secondary N) is 1. The van der Waals surface area contributed by atoms with E-state index in [2.05, 4.69) is 16.9 Å². The van der Waals surface area contributed by atoms with E-state index < -0.39 is 11.7 Å². The van der Waals surface area contributed by atoms with Gasteiger partial charge in [0.1, 0.15) is 0 Å². The molecule has 0 aliphatic carbocycles. The standard InChI is InChI=1S/C13H16F3N3/c1-9(2)7-18-12(17)19-8-10-3-5-11(6-4-10)13(14,15)16/h3-6H,1,7-8H2,2H3,(H3,17,18,19). The van der Waals surface area contributed by atoms with Gasteiger partial charge < -0.3 is 11.1 Å². The maximum Gasteiger partial charge on any atom is 0.416 e. The Balaban J connectivity index is 2.59. The van der Waals surface area contributed by atoms with Gasteiger partial charge in [0.2, 0.25) is 0 Å². The van der Waals surface area contributed by atoms with E-state index in [1.807, 2.05) is 6.92 Å². The van der Waals surface area contributed by atoms with Crippen molar-refractivity contribution in [2.24, 2.45) is 10.7 Å². The van der Waals surface area contributed by atoms with Gasteiger partial charge >= 0.3 is 6.18 Å². The fourth-order valence-corrected chi connectivity index (χ4v) is 1.27. The molecule has 0 atom stereocenters. The van der Waals surface area contributed by atoms with Gasteiger partial charge in [-0.3, -0.25) is 0 Å². The van der Waals surface area contributed by atoms with Gasteiger partial charge in [0, 0.05) is 6.54 Å². The summed E-state index contributed by atoms with van der Waals surface area (Å²) in [5.41, 5.74) is 6.48. The second-order valence-electron chi connectivity index (χ2n) is 4.21. The van der Waals surface area contributed by atoms with Crippen molar-refractivity contribution < 1.29 is 13.2 Å². The van der Waals surface area contributed by atoms with E-state index in [9.17, 15) is 13.2 Å². The number of alkyl halides is 3. The van der Waals surface area contributed by atoms with E-state index in [0.717, 1.165) is 17.7 Å². The van der Waals surface area contributed by atoms with Crippen LogP contribution in [0.5, 0.6) is 0 Å². The molecule has 0 bridgehead atoms. The van der Waals surface area contributed by atoms with E-state index >= 15 is 0 Å². The van der Waals surface area contributed by atoms with Gasteiger partial charge in [-0.25, -0.2) is 4.99 Å². The lowest BCUT2D eigenvalue weighted by atomic mass is 10.1. The molecule has 1 aromatic carbocycles. The van der Waals surface area contributed by atoms with Crippen LogP contribution in [0.4, 0.5) is 13.2 Å². The van der Waals surface area contributed by atoms with Crippen LogP contribution in [0.25, 0.3) is 0 Å². The summed E-state index contributed by atoms with van der Waals surface area (Å²) in [5.74, 6) is 0.239. The van der Waals surface area contributed by atoms with Crippen LogP contribution in [-0.2, 0) is 12.7 Å². The Bertz CT molecular complexity index is 461. The maximum atomic E-state index is 12.3. The predicted octanol–water partition coefficient (Wildman–Crippen LogP) is 2.69. The molecule has 0 saturated carbocycles. The Labute approximate surface area is 110 Å². The van der Waals surface area contributed by atoms with Crippen molar-refractivity contribution in [1.29, 1.82) is 0 Å². The number of nitrogens with two attached hydrogens (primary N) is 1. The molecular formula is C13H16F3N3. The zero-order valence-corrected chi connectivity index (χ0v) is 10.6. The summed E-state index contributed by atoms with van der Waals surface area (Å²) in [6.45, 7) is 6.29. The van der Waals surface area contributed by atoms with E-state index in [-0.39, 0.29) is 12.5 Å². The molecule has 6 heteroatoms. The summed E-state index contributed by atoms with van der Waals surface area (Å²) >= 11 is 0. The number of guanidine groups is 1. The third-order valence-corrected chi connectivity index (χ3v) is 2.28. The minimum atomic E-state index is -4.32. The van der Waals surface area contributed by atoms with Crippen LogP contribution in [0, 0.1) is 0 Å². The number of benzene rings is 1. The predicted molar refractivity (Wildman–Crippen MR) is 69.6 cm³/mol. The molecule has 0 amide bonds. The molecule has 0 spiro atoms. The molecule has 1 rings (SSSR count). The third-order valence-electron chi connectivity index (χ3n) is 2.28. The summed E-state index contributed by atoms with van der Waals surface area (Å²) in [5, 5.41) is 2.84. The zero-order chi connectivity index (χ0) is 14.5. The van der Waals surface area contributed by atoms with E-state index in [0.29, 0.717) is 12.1 Å². The van der Waals surface area contributed by atoms with Gasteiger partial charge in [-0.15, -0.1) is 0 Å². The molecule has 3 nitrogen and oxygen atoms in total. The molecule has 0 aliphatic heterocycles. The average Bonchev–Trinajstić information content (AvgIpc) is 2.33. The topological polar surface area (TPSA) is 50.4 Å². The van der Waals surface area contributed by atoms with Crippen LogP contribution in [-0.4, -0.2) is 12.5 Å². The Kier molecular flexibility index (Phi) is 4.97. The largest absolute Gasteiger partial charge is 0.416 e. The maximum absolute atomic E-state index is 12.3. The van der Waals surface area contributed by atoms with Gasteiger partial charge in [0.25, 0.3) is 0 Å². The highest BCUT2D eigenvalue weighted by molar-refractivity contribution is 5.78. The first-order chi connectivity index (χ1) is 8.79. The summed E-state index contributed by atoms with van der Waals surface area (Å²) in [6, 6.07) is 4.83. The van der Waals surface area contributed by atoms with Gasteiger partial charge in [-0.2, -0.15) is 13.2 Å². The van der Waals surface area contributed by atoms with Crippen LogP contribution >= 0.6 is 0 Å². The minimum absolute atomic E-state index is 0.229. The van der Waals surface area contributed by atoms with Crippen molar-refractivity contribution in [2.45, 2.75) is 19.6 Å².